The molecule has 3 nitrogen and oxygen atoms in total. The molecule has 1 aromatic heterocycles. The largest absolute Gasteiger partial charge is 0.317 e. The maximum absolute atomic E-state index is 4.61. The Labute approximate surface area is 114 Å². The first kappa shape index (κ1) is 12.3. The van der Waals surface area contributed by atoms with Crippen LogP contribution in [0.4, 0.5) is 0 Å². The van der Waals surface area contributed by atoms with Crippen molar-refractivity contribution < 1.29 is 0 Å². The number of hydrogen-bond acceptors (Lipinski definition) is 3. The molecule has 2 heterocycles. The maximum atomic E-state index is 4.61. The molecule has 19 heavy (non-hydrogen) atoms. The van der Waals surface area contributed by atoms with Crippen LogP contribution in [0.25, 0.3) is 0 Å². The van der Waals surface area contributed by atoms with Crippen molar-refractivity contribution in [1.82, 2.24) is 15.3 Å². The second-order valence-electron chi connectivity index (χ2n) is 5.12. The molecule has 98 valence electrons. The fourth-order valence-electron chi connectivity index (χ4n) is 2.59. The first-order valence-electron chi connectivity index (χ1n) is 6.97. The van der Waals surface area contributed by atoms with E-state index in [-0.39, 0.29) is 0 Å². The summed E-state index contributed by atoms with van der Waals surface area (Å²) in [4.78, 5) is 9.17. The van der Waals surface area contributed by atoms with Gasteiger partial charge < -0.3 is 5.32 Å². The summed E-state index contributed by atoms with van der Waals surface area (Å²) in [6.45, 7) is 2.19. The molecule has 0 saturated carbocycles. The van der Waals surface area contributed by atoms with Gasteiger partial charge in [-0.1, -0.05) is 30.3 Å². The van der Waals surface area contributed by atoms with Crippen molar-refractivity contribution in [2.45, 2.75) is 25.2 Å². The standard InChI is InChI=1S/C16H19N3/c1-2-4-13(5-3-1)10-15-11-19-16(12-18-15)14-6-8-17-9-7-14/h1-5,11-12,14,17H,6-10H2. The van der Waals surface area contributed by atoms with Crippen LogP contribution in [0.15, 0.2) is 42.7 Å². The van der Waals surface area contributed by atoms with Crippen LogP contribution in [-0.4, -0.2) is 23.1 Å². The number of hydrogen-bond donors (Lipinski definition) is 1. The Hall–Kier alpha value is -1.74. The predicted octanol–water partition coefficient (Wildman–Crippen LogP) is 2.53. The minimum absolute atomic E-state index is 0.583. The Morgan fingerprint density at radius 3 is 2.47 bits per heavy atom. The van der Waals surface area contributed by atoms with Crippen LogP contribution in [0.2, 0.25) is 0 Å². The van der Waals surface area contributed by atoms with Crippen molar-refractivity contribution >= 4 is 0 Å². The van der Waals surface area contributed by atoms with Gasteiger partial charge in [-0.15, -0.1) is 0 Å². The third-order valence-electron chi connectivity index (χ3n) is 3.71. The van der Waals surface area contributed by atoms with Gasteiger partial charge in [0, 0.05) is 24.7 Å². The van der Waals surface area contributed by atoms with Gasteiger partial charge >= 0.3 is 0 Å². The monoisotopic (exact) mass is 253 g/mol. The molecule has 0 spiro atoms. The van der Waals surface area contributed by atoms with Crippen LogP contribution in [0.5, 0.6) is 0 Å². The molecule has 1 aliphatic heterocycles. The van der Waals surface area contributed by atoms with Crippen molar-refractivity contribution in [3.05, 3.63) is 59.7 Å². The van der Waals surface area contributed by atoms with Crippen molar-refractivity contribution in [3.63, 3.8) is 0 Å². The third-order valence-corrected chi connectivity index (χ3v) is 3.71. The molecule has 1 aromatic carbocycles. The molecule has 0 bridgehead atoms. The van der Waals surface area contributed by atoms with Gasteiger partial charge in [0.15, 0.2) is 0 Å². The van der Waals surface area contributed by atoms with Crippen LogP contribution in [-0.2, 0) is 6.42 Å². The number of rotatable bonds is 3. The molecular weight excluding hydrogens is 234 g/mol. The number of aromatic nitrogens is 2. The van der Waals surface area contributed by atoms with E-state index in [0.717, 1.165) is 30.9 Å². The molecule has 0 unspecified atom stereocenters. The molecule has 0 atom stereocenters. The fraction of sp³-hybridized carbons (Fsp3) is 0.375. The van der Waals surface area contributed by atoms with E-state index in [1.165, 1.54) is 18.4 Å². The summed E-state index contributed by atoms with van der Waals surface area (Å²) < 4.78 is 0. The first-order valence-corrected chi connectivity index (χ1v) is 6.97. The van der Waals surface area contributed by atoms with E-state index in [1.807, 2.05) is 18.5 Å². The Bertz CT molecular complexity index is 501. The second-order valence-corrected chi connectivity index (χ2v) is 5.12. The molecule has 1 saturated heterocycles. The lowest BCUT2D eigenvalue weighted by Crippen LogP contribution is -2.27. The van der Waals surface area contributed by atoms with E-state index in [0.29, 0.717) is 5.92 Å². The van der Waals surface area contributed by atoms with E-state index in [9.17, 15) is 0 Å². The summed E-state index contributed by atoms with van der Waals surface area (Å²) in [6, 6.07) is 10.4. The minimum Gasteiger partial charge on any atom is -0.317 e. The highest BCUT2D eigenvalue weighted by atomic mass is 14.9. The molecule has 1 N–H and O–H groups in total. The van der Waals surface area contributed by atoms with E-state index in [2.05, 4.69) is 39.6 Å². The lowest BCUT2D eigenvalue weighted by Gasteiger charge is -2.21. The van der Waals surface area contributed by atoms with Gasteiger partial charge in [0.2, 0.25) is 0 Å². The first-order chi connectivity index (χ1) is 9.42. The topological polar surface area (TPSA) is 37.8 Å². The Morgan fingerprint density at radius 2 is 1.79 bits per heavy atom. The van der Waals surface area contributed by atoms with E-state index < -0.39 is 0 Å². The zero-order chi connectivity index (χ0) is 12.9. The normalized spacial score (nSPS) is 16.4. The van der Waals surface area contributed by atoms with Gasteiger partial charge in [-0.25, -0.2) is 0 Å². The average Bonchev–Trinajstić information content (AvgIpc) is 2.50. The van der Waals surface area contributed by atoms with Gasteiger partial charge in [-0.2, -0.15) is 0 Å². The summed E-state index contributed by atoms with van der Waals surface area (Å²) in [5.41, 5.74) is 3.48. The van der Waals surface area contributed by atoms with Crippen LogP contribution >= 0.6 is 0 Å². The summed E-state index contributed by atoms with van der Waals surface area (Å²) in [5.74, 6) is 0.583. The van der Waals surface area contributed by atoms with Gasteiger partial charge in [0.05, 0.1) is 11.4 Å². The summed E-state index contributed by atoms with van der Waals surface area (Å²) in [7, 11) is 0. The minimum atomic E-state index is 0.583. The van der Waals surface area contributed by atoms with Crippen LogP contribution < -0.4 is 5.32 Å². The molecule has 2 aromatic rings. The van der Waals surface area contributed by atoms with Gasteiger partial charge in [0.25, 0.3) is 0 Å². The molecule has 1 aliphatic rings. The SMILES string of the molecule is c1ccc(Cc2cnc(C3CCNCC3)cn2)cc1. The smallest absolute Gasteiger partial charge is 0.0630 e. The van der Waals surface area contributed by atoms with Crippen molar-refractivity contribution in [2.24, 2.45) is 0 Å². The average molecular weight is 253 g/mol. The summed E-state index contributed by atoms with van der Waals surface area (Å²) >= 11 is 0. The molecule has 0 radical (unpaired) electrons. The van der Waals surface area contributed by atoms with Crippen LogP contribution in [0.3, 0.4) is 0 Å². The Balaban J connectivity index is 1.68. The zero-order valence-corrected chi connectivity index (χ0v) is 11.0. The summed E-state index contributed by atoms with van der Waals surface area (Å²) in [6.07, 6.45) is 7.11. The molecule has 1 fully saturated rings. The molecule has 0 aliphatic carbocycles. The molecule has 0 amide bonds. The highest BCUT2D eigenvalue weighted by Crippen LogP contribution is 2.22. The highest BCUT2D eigenvalue weighted by Gasteiger charge is 2.16. The van der Waals surface area contributed by atoms with E-state index in [4.69, 9.17) is 0 Å². The highest BCUT2D eigenvalue weighted by molar-refractivity contribution is 5.21. The van der Waals surface area contributed by atoms with Gasteiger partial charge in [0.1, 0.15) is 0 Å². The van der Waals surface area contributed by atoms with Gasteiger partial charge in [-0.3, -0.25) is 9.97 Å². The lowest BCUT2D eigenvalue weighted by atomic mass is 9.95. The van der Waals surface area contributed by atoms with Crippen molar-refractivity contribution in [1.29, 1.82) is 0 Å². The van der Waals surface area contributed by atoms with Crippen LogP contribution in [0, 0.1) is 0 Å². The lowest BCUT2D eigenvalue weighted by molar-refractivity contribution is 0.452. The molecule has 3 heteroatoms. The predicted molar refractivity (Wildman–Crippen MR) is 76.1 cm³/mol. The second kappa shape index (κ2) is 5.93. The van der Waals surface area contributed by atoms with Crippen molar-refractivity contribution in [2.75, 3.05) is 13.1 Å². The quantitative estimate of drug-likeness (QED) is 0.913. The van der Waals surface area contributed by atoms with E-state index in [1.54, 1.807) is 0 Å². The summed E-state index contributed by atoms with van der Waals surface area (Å²) in [5, 5.41) is 3.38. The fourth-order valence-corrected chi connectivity index (χ4v) is 2.59. The third kappa shape index (κ3) is 3.18. The van der Waals surface area contributed by atoms with Crippen LogP contribution in [0.1, 0.15) is 35.7 Å². The number of benzene rings is 1. The molecule has 3 rings (SSSR count). The number of piperidine rings is 1. The maximum Gasteiger partial charge on any atom is 0.0630 e. The van der Waals surface area contributed by atoms with Crippen molar-refractivity contribution in [3.8, 4) is 0 Å². The molecular formula is C16H19N3. The van der Waals surface area contributed by atoms with Gasteiger partial charge in [-0.05, 0) is 31.5 Å². The zero-order valence-electron chi connectivity index (χ0n) is 11.0. The number of nitrogens with zero attached hydrogens (tertiary/aromatic N) is 2. The Kier molecular flexibility index (Phi) is 3.84. The Morgan fingerprint density at radius 1 is 1.00 bits per heavy atom. The van der Waals surface area contributed by atoms with E-state index >= 15 is 0 Å². The number of nitrogens with one attached hydrogen (secondary N) is 1.